The van der Waals surface area contributed by atoms with Gasteiger partial charge in [0.15, 0.2) is 11.5 Å². The van der Waals surface area contributed by atoms with E-state index in [1.807, 2.05) is 18.2 Å². The third kappa shape index (κ3) is 6.50. The summed E-state index contributed by atoms with van der Waals surface area (Å²) in [7, 11) is 3.82. The van der Waals surface area contributed by atoms with E-state index in [0.29, 0.717) is 29.4 Å². The van der Waals surface area contributed by atoms with Crippen LogP contribution in [0.1, 0.15) is 31.4 Å². The number of amides is 1. The van der Waals surface area contributed by atoms with Crippen molar-refractivity contribution < 1.29 is 58.0 Å². The van der Waals surface area contributed by atoms with Crippen LogP contribution in [0.2, 0.25) is 0 Å². The quantitative estimate of drug-likeness (QED) is 0.261. The number of rotatable bonds is 8. The third-order valence-corrected chi connectivity index (χ3v) is 4.88. The summed E-state index contributed by atoms with van der Waals surface area (Å²) in [5.74, 6) is 1.99. The monoisotopic (exact) mass is 443 g/mol. The number of nitrogens with one attached hydrogen (secondary N) is 1. The summed E-state index contributed by atoms with van der Waals surface area (Å²) in [6.07, 6.45) is 8.70. The number of methoxy groups -OCH3 is 3. The van der Waals surface area contributed by atoms with Crippen molar-refractivity contribution in [3.8, 4) is 17.2 Å². The number of allylic oxidation sites excluding steroid dienone is 4. The maximum Gasteiger partial charge on any atom is 1.00 e. The maximum atomic E-state index is 11.6. The van der Waals surface area contributed by atoms with Crippen molar-refractivity contribution in [3.05, 3.63) is 47.3 Å². The van der Waals surface area contributed by atoms with E-state index in [1.54, 1.807) is 40.4 Å². The molecule has 0 spiro atoms. The molecule has 1 aliphatic rings. The number of fused-ring (bicyclic) bond motifs is 1. The predicted octanol–water partition coefficient (Wildman–Crippen LogP) is -0.104. The molecule has 1 aromatic rings. The van der Waals surface area contributed by atoms with Crippen LogP contribution in [0.3, 0.4) is 0 Å². The SMILES string of the molecule is C/C=C(\C=C/C1=CC(NC(C)=O)CCc2cc(OC)c(OC)c(OC)c21)OP[O-].[Na+]. The van der Waals surface area contributed by atoms with E-state index >= 15 is 0 Å². The zero-order valence-electron chi connectivity index (χ0n) is 18.3. The molecule has 0 saturated heterocycles. The van der Waals surface area contributed by atoms with Gasteiger partial charge in [-0.3, -0.25) is 4.79 Å². The van der Waals surface area contributed by atoms with Crippen LogP contribution >= 0.6 is 9.03 Å². The van der Waals surface area contributed by atoms with Crippen molar-refractivity contribution in [2.75, 3.05) is 21.3 Å². The molecule has 1 amide bonds. The molecule has 0 fully saturated rings. The van der Waals surface area contributed by atoms with E-state index in [0.717, 1.165) is 23.1 Å². The van der Waals surface area contributed by atoms with Gasteiger partial charge in [-0.1, -0.05) is 12.2 Å². The molecule has 1 N–H and O–H groups in total. The van der Waals surface area contributed by atoms with Gasteiger partial charge in [0.1, 0.15) is 5.76 Å². The topological polar surface area (TPSA) is 89.1 Å². The zero-order valence-corrected chi connectivity index (χ0v) is 21.3. The van der Waals surface area contributed by atoms with E-state index in [9.17, 15) is 9.69 Å². The van der Waals surface area contributed by atoms with Gasteiger partial charge in [0.05, 0.1) is 21.3 Å². The molecule has 2 rings (SSSR count). The van der Waals surface area contributed by atoms with Crippen molar-refractivity contribution >= 4 is 20.5 Å². The second kappa shape index (κ2) is 13.0. The molecule has 0 saturated carbocycles. The number of aryl methyl sites for hydroxylation is 1. The summed E-state index contributed by atoms with van der Waals surface area (Å²) in [4.78, 5) is 22.5. The Hall–Kier alpha value is -1.50. The summed E-state index contributed by atoms with van der Waals surface area (Å²) >= 11 is 0. The van der Waals surface area contributed by atoms with Crippen LogP contribution in [0.5, 0.6) is 17.2 Å². The van der Waals surface area contributed by atoms with Crippen LogP contribution in [0.25, 0.3) is 5.57 Å². The molecule has 30 heavy (non-hydrogen) atoms. The summed E-state index contributed by atoms with van der Waals surface area (Å²) < 4.78 is 21.8. The minimum absolute atomic E-state index is 0. The Morgan fingerprint density at radius 1 is 1.23 bits per heavy atom. The second-order valence-electron chi connectivity index (χ2n) is 6.36. The first-order chi connectivity index (χ1) is 14.0. The van der Waals surface area contributed by atoms with Gasteiger partial charge in [0.25, 0.3) is 0 Å². The van der Waals surface area contributed by atoms with Crippen molar-refractivity contribution in [1.82, 2.24) is 5.32 Å². The average molecular weight is 443 g/mol. The average Bonchev–Trinajstić information content (AvgIpc) is 2.88. The number of carbonyl (C=O) groups excluding carboxylic acids is 1. The van der Waals surface area contributed by atoms with Gasteiger partial charge in [-0.05, 0) is 58.2 Å². The van der Waals surface area contributed by atoms with Crippen LogP contribution in [-0.4, -0.2) is 33.3 Å². The molecular formula is C21H27NNaO6P. The third-order valence-electron chi connectivity index (χ3n) is 4.57. The molecular weight excluding hydrogens is 416 g/mol. The first-order valence-corrected chi connectivity index (χ1v) is 10.00. The molecule has 2 unspecified atom stereocenters. The molecule has 9 heteroatoms. The van der Waals surface area contributed by atoms with Gasteiger partial charge in [-0.2, -0.15) is 0 Å². The Morgan fingerprint density at radius 2 is 1.93 bits per heavy atom. The van der Waals surface area contributed by atoms with Crippen LogP contribution in [0.15, 0.2) is 36.1 Å². The van der Waals surface area contributed by atoms with Crippen LogP contribution in [0.4, 0.5) is 0 Å². The molecule has 1 aromatic carbocycles. The van der Waals surface area contributed by atoms with E-state index in [-0.39, 0.29) is 41.5 Å². The number of benzene rings is 1. The molecule has 158 valence electrons. The first-order valence-electron chi connectivity index (χ1n) is 9.18. The van der Waals surface area contributed by atoms with Crippen molar-refractivity contribution in [3.63, 3.8) is 0 Å². The smallest absolute Gasteiger partial charge is 0.801 e. The Labute approximate surface area is 201 Å². The fourth-order valence-corrected chi connectivity index (χ4v) is 3.62. The second-order valence-corrected chi connectivity index (χ2v) is 6.73. The number of carbonyl (C=O) groups is 1. The first kappa shape index (κ1) is 26.5. The van der Waals surface area contributed by atoms with Crippen molar-refractivity contribution in [2.45, 2.75) is 32.7 Å². The fourth-order valence-electron chi connectivity index (χ4n) is 3.34. The zero-order chi connectivity index (χ0) is 21.4. The van der Waals surface area contributed by atoms with Gasteiger partial charge in [0.2, 0.25) is 11.7 Å². The molecule has 0 aromatic heterocycles. The van der Waals surface area contributed by atoms with E-state index in [1.165, 1.54) is 6.92 Å². The van der Waals surface area contributed by atoms with Gasteiger partial charge in [-0.25, -0.2) is 0 Å². The summed E-state index contributed by atoms with van der Waals surface area (Å²) in [6.45, 7) is 3.29. The molecule has 0 aliphatic heterocycles. The van der Waals surface area contributed by atoms with Crippen LogP contribution < -0.4 is 54.0 Å². The van der Waals surface area contributed by atoms with Gasteiger partial charge in [0, 0.05) is 18.5 Å². The Bertz CT molecular complexity index is 837. The number of hydrogen-bond donors (Lipinski definition) is 1. The number of ether oxygens (including phenoxy) is 3. The molecule has 2 atom stereocenters. The molecule has 0 bridgehead atoms. The summed E-state index contributed by atoms with van der Waals surface area (Å²) in [6, 6.07) is 1.78. The summed E-state index contributed by atoms with van der Waals surface area (Å²) in [5.41, 5.74) is 2.69. The molecule has 1 aliphatic carbocycles. The molecule has 7 nitrogen and oxygen atoms in total. The van der Waals surface area contributed by atoms with Crippen molar-refractivity contribution in [1.29, 1.82) is 0 Å². The summed E-state index contributed by atoms with van der Waals surface area (Å²) in [5, 5.41) is 2.96. The largest absolute Gasteiger partial charge is 1.00 e. The van der Waals surface area contributed by atoms with Gasteiger partial charge >= 0.3 is 29.6 Å². The molecule has 0 radical (unpaired) electrons. The van der Waals surface area contributed by atoms with Crippen LogP contribution in [0, 0.1) is 0 Å². The molecule has 0 heterocycles. The van der Waals surface area contributed by atoms with Gasteiger partial charge in [-0.15, -0.1) is 0 Å². The Balaban J connectivity index is 0.00000450. The number of hydrogen-bond acceptors (Lipinski definition) is 6. The standard InChI is InChI=1S/C21H27NO6P.Na/c1-6-17(28-29-24)10-8-14-11-16(22-13(2)23)9-7-15-12-18(25-3)20(26-4)21(27-5)19(14)15;/h6,8,10-12,16,29H,7,9H2,1-5H3,(H,22,23);/q-1;+1/b10-8-,17-6+;. The Kier molecular flexibility index (Phi) is 11.5. The van der Waals surface area contributed by atoms with Gasteiger partial charge < -0.3 is 28.9 Å². The normalized spacial score (nSPS) is 16.4. The maximum absolute atomic E-state index is 11.6. The van der Waals surface area contributed by atoms with E-state index in [2.05, 4.69) is 5.32 Å². The van der Waals surface area contributed by atoms with Crippen LogP contribution in [-0.2, 0) is 15.7 Å². The minimum atomic E-state index is -0.896. The Morgan fingerprint density at radius 3 is 2.47 bits per heavy atom. The predicted molar refractivity (Wildman–Crippen MR) is 112 cm³/mol. The van der Waals surface area contributed by atoms with E-state index < -0.39 is 9.03 Å². The minimum Gasteiger partial charge on any atom is -0.801 e. The van der Waals surface area contributed by atoms with Crippen molar-refractivity contribution in [2.24, 2.45) is 0 Å². The fraction of sp³-hybridized carbons (Fsp3) is 0.381. The van der Waals surface area contributed by atoms with E-state index in [4.69, 9.17) is 18.7 Å².